The molecule has 1 N–H and O–H groups in total. The number of rotatable bonds is 5. The summed E-state index contributed by atoms with van der Waals surface area (Å²) < 4.78 is 5.59. The van der Waals surface area contributed by atoms with Gasteiger partial charge in [0.15, 0.2) is 0 Å². The maximum absolute atomic E-state index is 12.2. The first-order valence-corrected chi connectivity index (χ1v) is 7.93. The van der Waals surface area contributed by atoms with E-state index in [0.717, 1.165) is 30.7 Å². The van der Waals surface area contributed by atoms with Crippen molar-refractivity contribution in [3.05, 3.63) is 35.9 Å². The maximum atomic E-state index is 12.2. The minimum absolute atomic E-state index is 0.0145. The topological polar surface area (TPSA) is 49.8 Å². The molecule has 1 amide bonds. The van der Waals surface area contributed by atoms with Crippen molar-refractivity contribution in [2.45, 2.75) is 32.8 Å². The van der Waals surface area contributed by atoms with Gasteiger partial charge < -0.3 is 14.7 Å². The van der Waals surface area contributed by atoms with Crippen molar-refractivity contribution < 1.29 is 14.6 Å². The molecule has 0 saturated carbocycles. The van der Waals surface area contributed by atoms with Crippen molar-refractivity contribution in [3.8, 4) is 5.75 Å². The zero-order valence-electron chi connectivity index (χ0n) is 13.4. The quantitative estimate of drug-likeness (QED) is 0.851. The molecular formula is C18H25NO3. The molecule has 120 valence electrons. The number of piperidine rings is 1. The van der Waals surface area contributed by atoms with Gasteiger partial charge in [0.25, 0.3) is 0 Å². The Hall–Kier alpha value is -1.81. The molecule has 4 heteroatoms. The van der Waals surface area contributed by atoms with E-state index in [4.69, 9.17) is 4.74 Å². The van der Waals surface area contributed by atoms with Gasteiger partial charge in [0.1, 0.15) is 5.75 Å². The standard InChI is InChI=1S/C18H25NO3/c1-14(2)22-17-8-5-15(6-9-17)7-10-18(21)19-11-3-4-16(12-19)13-20/h5-10,14,16,20H,3-4,11-13H2,1-2H3/b10-7+. The molecular weight excluding hydrogens is 278 g/mol. The van der Waals surface area contributed by atoms with Crippen molar-refractivity contribution in [1.82, 2.24) is 4.90 Å². The monoisotopic (exact) mass is 303 g/mol. The minimum Gasteiger partial charge on any atom is -0.491 e. The molecule has 0 bridgehead atoms. The number of hydrogen-bond donors (Lipinski definition) is 1. The summed E-state index contributed by atoms with van der Waals surface area (Å²) >= 11 is 0. The number of hydrogen-bond acceptors (Lipinski definition) is 3. The smallest absolute Gasteiger partial charge is 0.246 e. The summed E-state index contributed by atoms with van der Waals surface area (Å²) in [6, 6.07) is 7.70. The van der Waals surface area contributed by atoms with Crippen LogP contribution >= 0.6 is 0 Å². The van der Waals surface area contributed by atoms with E-state index in [0.29, 0.717) is 6.54 Å². The van der Waals surface area contributed by atoms with Crippen molar-refractivity contribution in [2.75, 3.05) is 19.7 Å². The first-order valence-electron chi connectivity index (χ1n) is 7.93. The Bertz CT molecular complexity index is 508. The van der Waals surface area contributed by atoms with Gasteiger partial charge >= 0.3 is 0 Å². The molecule has 1 fully saturated rings. The number of benzene rings is 1. The van der Waals surface area contributed by atoms with Gasteiger partial charge in [0, 0.05) is 25.8 Å². The van der Waals surface area contributed by atoms with E-state index in [1.54, 1.807) is 6.08 Å². The van der Waals surface area contributed by atoms with Gasteiger partial charge in [0.2, 0.25) is 5.91 Å². The van der Waals surface area contributed by atoms with Crippen LogP contribution in [-0.2, 0) is 4.79 Å². The third-order valence-corrected chi connectivity index (χ3v) is 3.76. The van der Waals surface area contributed by atoms with Crippen molar-refractivity contribution >= 4 is 12.0 Å². The van der Waals surface area contributed by atoms with E-state index >= 15 is 0 Å². The highest BCUT2D eigenvalue weighted by molar-refractivity contribution is 5.91. The molecule has 4 nitrogen and oxygen atoms in total. The highest BCUT2D eigenvalue weighted by Gasteiger charge is 2.21. The Kier molecular flexibility index (Phi) is 6.01. The lowest BCUT2D eigenvalue weighted by Gasteiger charge is -2.31. The Balaban J connectivity index is 1.91. The zero-order valence-corrected chi connectivity index (χ0v) is 13.4. The number of ether oxygens (including phenoxy) is 1. The Morgan fingerprint density at radius 2 is 2.14 bits per heavy atom. The van der Waals surface area contributed by atoms with Crippen LogP contribution in [-0.4, -0.2) is 41.7 Å². The second kappa shape index (κ2) is 7.99. The number of amides is 1. The first-order chi connectivity index (χ1) is 10.6. The minimum atomic E-state index is 0.0145. The second-order valence-corrected chi connectivity index (χ2v) is 6.04. The van der Waals surface area contributed by atoms with Crippen LogP contribution in [0.5, 0.6) is 5.75 Å². The summed E-state index contributed by atoms with van der Waals surface area (Å²) in [5.74, 6) is 1.07. The number of nitrogens with zero attached hydrogens (tertiary/aromatic N) is 1. The van der Waals surface area contributed by atoms with E-state index in [-0.39, 0.29) is 24.5 Å². The second-order valence-electron chi connectivity index (χ2n) is 6.04. The molecule has 0 spiro atoms. The average Bonchev–Trinajstić information content (AvgIpc) is 2.53. The molecule has 22 heavy (non-hydrogen) atoms. The van der Waals surface area contributed by atoms with Gasteiger partial charge in [-0.2, -0.15) is 0 Å². The zero-order chi connectivity index (χ0) is 15.9. The molecule has 1 aliphatic heterocycles. The molecule has 1 unspecified atom stereocenters. The summed E-state index contributed by atoms with van der Waals surface area (Å²) in [5, 5.41) is 9.22. The van der Waals surface area contributed by atoms with Crippen LogP contribution in [0.3, 0.4) is 0 Å². The van der Waals surface area contributed by atoms with Crippen LogP contribution in [0.2, 0.25) is 0 Å². The van der Waals surface area contributed by atoms with Crippen LogP contribution in [0, 0.1) is 5.92 Å². The first kappa shape index (κ1) is 16.6. The van der Waals surface area contributed by atoms with Crippen molar-refractivity contribution in [2.24, 2.45) is 5.92 Å². The van der Waals surface area contributed by atoms with Crippen LogP contribution in [0.15, 0.2) is 30.3 Å². The maximum Gasteiger partial charge on any atom is 0.246 e. The molecule has 1 atom stereocenters. The lowest BCUT2D eigenvalue weighted by Crippen LogP contribution is -2.40. The van der Waals surface area contributed by atoms with Gasteiger partial charge in [-0.1, -0.05) is 12.1 Å². The number of aliphatic hydroxyl groups is 1. The van der Waals surface area contributed by atoms with Crippen molar-refractivity contribution in [3.63, 3.8) is 0 Å². The van der Waals surface area contributed by atoms with Crippen molar-refractivity contribution in [1.29, 1.82) is 0 Å². The summed E-state index contributed by atoms with van der Waals surface area (Å²) in [7, 11) is 0. The highest BCUT2D eigenvalue weighted by atomic mass is 16.5. The molecule has 1 saturated heterocycles. The van der Waals surface area contributed by atoms with Crippen LogP contribution < -0.4 is 4.74 Å². The van der Waals surface area contributed by atoms with E-state index in [9.17, 15) is 9.90 Å². The highest BCUT2D eigenvalue weighted by Crippen LogP contribution is 2.17. The van der Waals surface area contributed by atoms with E-state index in [1.807, 2.05) is 49.1 Å². The van der Waals surface area contributed by atoms with Crippen LogP contribution in [0.1, 0.15) is 32.3 Å². The molecule has 0 aliphatic carbocycles. The number of aliphatic hydroxyl groups excluding tert-OH is 1. The Morgan fingerprint density at radius 1 is 1.41 bits per heavy atom. The normalized spacial score (nSPS) is 18.9. The fraction of sp³-hybridized carbons (Fsp3) is 0.500. The SMILES string of the molecule is CC(C)Oc1ccc(/C=C/C(=O)N2CCCC(CO)C2)cc1. The Labute approximate surface area is 132 Å². The summed E-state index contributed by atoms with van der Waals surface area (Å²) in [6.07, 6.45) is 5.55. The summed E-state index contributed by atoms with van der Waals surface area (Å²) in [5.41, 5.74) is 0.972. The summed E-state index contributed by atoms with van der Waals surface area (Å²) in [4.78, 5) is 14.0. The molecule has 0 aromatic heterocycles. The number of carbonyl (C=O) groups is 1. The molecule has 1 heterocycles. The predicted molar refractivity (Wildman–Crippen MR) is 87.6 cm³/mol. The number of likely N-dealkylation sites (tertiary alicyclic amines) is 1. The predicted octanol–water partition coefficient (Wildman–Crippen LogP) is 2.72. The fourth-order valence-corrected chi connectivity index (χ4v) is 2.62. The van der Waals surface area contributed by atoms with Gasteiger partial charge in [-0.15, -0.1) is 0 Å². The van der Waals surface area contributed by atoms with E-state index in [1.165, 1.54) is 0 Å². The van der Waals surface area contributed by atoms with E-state index in [2.05, 4.69) is 0 Å². The van der Waals surface area contributed by atoms with Crippen LogP contribution in [0.25, 0.3) is 6.08 Å². The Morgan fingerprint density at radius 3 is 2.77 bits per heavy atom. The molecule has 1 aromatic rings. The lowest BCUT2D eigenvalue weighted by atomic mass is 9.99. The third kappa shape index (κ3) is 4.88. The van der Waals surface area contributed by atoms with Crippen LogP contribution in [0.4, 0.5) is 0 Å². The molecule has 2 rings (SSSR count). The van der Waals surface area contributed by atoms with Gasteiger partial charge in [-0.05, 0) is 56.4 Å². The van der Waals surface area contributed by atoms with Gasteiger partial charge in [-0.3, -0.25) is 4.79 Å². The molecule has 1 aromatic carbocycles. The average molecular weight is 303 g/mol. The number of carbonyl (C=O) groups excluding carboxylic acids is 1. The lowest BCUT2D eigenvalue weighted by molar-refractivity contribution is -0.127. The van der Waals surface area contributed by atoms with Gasteiger partial charge in [0.05, 0.1) is 6.10 Å². The summed E-state index contributed by atoms with van der Waals surface area (Å²) in [6.45, 7) is 5.57. The van der Waals surface area contributed by atoms with Gasteiger partial charge in [-0.25, -0.2) is 0 Å². The third-order valence-electron chi connectivity index (χ3n) is 3.76. The largest absolute Gasteiger partial charge is 0.491 e. The molecule has 0 radical (unpaired) electrons. The molecule has 1 aliphatic rings. The van der Waals surface area contributed by atoms with E-state index < -0.39 is 0 Å². The fourth-order valence-electron chi connectivity index (χ4n) is 2.62.